The van der Waals surface area contributed by atoms with Crippen LogP contribution in [0, 0.1) is 23.8 Å². The smallest absolute Gasteiger partial charge is 0.258 e. The summed E-state index contributed by atoms with van der Waals surface area (Å²) in [5, 5.41) is 20.8. The summed E-state index contributed by atoms with van der Waals surface area (Å²) >= 11 is 7.06. The third kappa shape index (κ3) is 1.93. The van der Waals surface area contributed by atoms with E-state index in [4.69, 9.17) is 11.6 Å². The minimum atomic E-state index is -0.739. The van der Waals surface area contributed by atoms with E-state index in [0.29, 0.717) is 0 Å². The molecule has 74 valence electrons. The van der Waals surface area contributed by atoms with E-state index >= 15 is 0 Å². The molecule has 0 radical (unpaired) electrons. The zero-order valence-corrected chi connectivity index (χ0v) is 9.35. The molecule has 1 rings (SSSR count). The lowest BCUT2D eigenvalue weighted by atomic mass is 10.3. The molecule has 6 nitrogen and oxygen atoms in total. The Hall–Kier alpha value is -0.960. The average molecular weight is 328 g/mol. The Labute approximate surface area is 96.3 Å². The van der Waals surface area contributed by atoms with Crippen molar-refractivity contribution >= 4 is 45.6 Å². The third-order valence-corrected chi connectivity index (χ3v) is 2.79. The summed E-state index contributed by atoms with van der Waals surface area (Å²) < 4.78 is -0.0647. The fourth-order valence-corrected chi connectivity index (χ4v) is 2.09. The molecular weight excluding hydrogens is 326 g/mol. The fraction of sp³-hybridized carbons (Fsp3) is 0. The number of nitrogens with zero attached hydrogens (tertiary/aromatic N) is 2. The molecule has 1 aromatic carbocycles. The van der Waals surface area contributed by atoms with Crippen molar-refractivity contribution in [1.29, 1.82) is 0 Å². The second kappa shape index (κ2) is 4.05. The first kappa shape index (κ1) is 11.1. The predicted molar refractivity (Wildman–Crippen MR) is 57.5 cm³/mol. The van der Waals surface area contributed by atoms with Crippen molar-refractivity contribution in [2.24, 2.45) is 0 Å². The molecule has 14 heavy (non-hydrogen) atoms. The topological polar surface area (TPSA) is 86.3 Å². The highest BCUT2D eigenvalue weighted by molar-refractivity contribution is 14.1. The second-order valence-corrected chi connectivity index (χ2v) is 3.73. The maximum absolute atomic E-state index is 10.5. The van der Waals surface area contributed by atoms with E-state index in [1.54, 1.807) is 0 Å². The Kier molecular flexibility index (Phi) is 3.21. The normalized spacial score (nSPS) is 9.86. The van der Waals surface area contributed by atoms with Crippen LogP contribution in [-0.4, -0.2) is 9.85 Å². The van der Waals surface area contributed by atoms with Crippen LogP contribution in [0.25, 0.3) is 0 Å². The first-order valence-corrected chi connectivity index (χ1v) is 4.67. The van der Waals surface area contributed by atoms with Crippen LogP contribution < -0.4 is 0 Å². The van der Waals surface area contributed by atoms with E-state index in [1.165, 1.54) is 22.6 Å². The predicted octanol–water partition coefficient (Wildman–Crippen LogP) is 2.76. The summed E-state index contributed by atoms with van der Waals surface area (Å²) in [5.41, 5.74) is -0.747. The van der Waals surface area contributed by atoms with Gasteiger partial charge in [0.1, 0.15) is 5.02 Å². The monoisotopic (exact) mass is 328 g/mol. The van der Waals surface area contributed by atoms with Crippen molar-refractivity contribution in [3.05, 3.63) is 41.0 Å². The van der Waals surface area contributed by atoms with Crippen LogP contribution in [0.15, 0.2) is 12.1 Å². The van der Waals surface area contributed by atoms with E-state index in [-0.39, 0.29) is 14.3 Å². The van der Waals surface area contributed by atoms with Crippen LogP contribution in [0.2, 0.25) is 5.02 Å². The van der Waals surface area contributed by atoms with E-state index in [1.807, 2.05) is 0 Å². The molecule has 0 N–H and O–H groups in total. The molecule has 0 saturated carbocycles. The molecule has 0 saturated heterocycles. The summed E-state index contributed by atoms with van der Waals surface area (Å²) in [4.78, 5) is 19.5. The number of nitro benzene ring substituents is 2. The molecule has 0 heterocycles. The van der Waals surface area contributed by atoms with Crippen LogP contribution in [0.3, 0.4) is 0 Å². The summed E-state index contributed by atoms with van der Waals surface area (Å²) in [6.45, 7) is 0. The Bertz CT molecular complexity index is 423. The minimum Gasteiger partial charge on any atom is -0.258 e. The van der Waals surface area contributed by atoms with Crippen LogP contribution >= 0.6 is 34.2 Å². The van der Waals surface area contributed by atoms with Gasteiger partial charge in [-0.1, -0.05) is 11.6 Å². The quantitative estimate of drug-likeness (QED) is 0.474. The number of benzene rings is 1. The van der Waals surface area contributed by atoms with Crippen molar-refractivity contribution in [1.82, 2.24) is 0 Å². The van der Waals surface area contributed by atoms with Gasteiger partial charge in [0.25, 0.3) is 5.69 Å². The minimum absolute atomic E-state index is 0.0647. The van der Waals surface area contributed by atoms with Crippen LogP contribution in [0.1, 0.15) is 0 Å². The van der Waals surface area contributed by atoms with Crippen molar-refractivity contribution in [3.8, 4) is 0 Å². The van der Waals surface area contributed by atoms with Crippen molar-refractivity contribution in [3.63, 3.8) is 0 Å². The lowest BCUT2D eigenvalue weighted by Gasteiger charge is -1.98. The second-order valence-electron chi connectivity index (χ2n) is 2.24. The molecule has 0 bridgehead atoms. The fourth-order valence-electron chi connectivity index (χ4n) is 0.839. The molecule has 0 aliphatic carbocycles. The van der Waals surface area contributed by atoms with Gasteiger partial charge in [-0.3, -0.25) is 20.2 Å². The van der Waals surface area contributed by atoms with Gasteiger partial charge in [-0.15, -0.1) is 0 Å². The molecule has 0 fully saturated rings. The van der Waals surface area contributed by atoms with Gasteiger partial charge in [-0.25, -0.2) is 0 Å². The average Bonchev–Trinajstić information content (AvgIpc) is 2.02. The number of hydrogen-bond acceptors (Lipinski definition) is 4. The maximum Gasteiger partial charge on any atom is 0.308 e. The first-order valence-electron chi connectivity index (χ1n) is 3.22. The lowest BCUT2D eigenvalue weighted by Crippen LogP contribution is -1.97. The highest BCUT2D eigenvalue weighted by atomic mass is 127. The molecular formula is C6H2ClIN2O4. The molecule has 0 aliphatic rings. The molecule has 0 spiro atoms. The molecule has 8 heteroatoms. The molecule has 0 atom stereocenters. The van der Waals surface area contributed by atoms with E-state index in [0.717, 1.165) is 12.1 Å². The van der Waals surface area contributed by atoms with E-state index < -0.39 is 15.5 Å². The molecule has 0 aromatic heterocycles. The van der Waals surface area contributed by atoms with E-state index in [2.05, 4.69) is 0 Å². The van der Waals surface area contributed by atoms with E-state index in [9.17, 15) is 20.2 Å². The highest BCUT2D eigenvalue weighted by Gasteiger charge is 2.25. The Morgan fingerprint density at radius 2 is 1.79 bits per heavy atom. The first-order chi connectivity index (χ1) is 6.45. The number of hydrogen-bond donors (Lipinski definition) is 0. The number of nitro groups is 2. The Morgan fingerprint density at radius 3 is 2.21 bits per heavy atom. The zero-order valence-electron chi connectivity index (χ0n) is 6.44. The van der Waals surface area contributed by atoms with Gasteiger partial charge in [0.05, 0.1) is 9.85 Å². The van der Waals surface area contributed by atoms with Crippen molar-refractivity contribution in [2.45, 2.75) is 0 Å². The maximum atomic E-state index is 10.5. The van der Waals surface area contributed by atoms with Gasteiger partial charge in [0, 0.05) is 6.07 Å². The largest absolute Gasteiger partial charge is 0.308 e. The number of halogens is 2. The van der Waals surface area contributed by atoms with Gasteiger partial charge in [-0.2, -0.15) is 0 Å². The molecule has 1 aromatic rings. The van der Waals surface area contributed by atoms with Crippen LogP contribution in [0.5, 0.6) is 0 Å². The standard InChI is InChI=1S/C6H2ClIN2O4/c7-3-1-2-4(9(11)12)5(8)6(3)10(13)14/h1-2H. The van der Waals surface area contributed by atoms with Crippen molar-refractivity contribution < 1.29 is 9.85 Å². The van der Waals surface area contributed by atoms with Gasteiger partial charge >= 0.3 is 5.69 Å². The molecule has 0 amide bonds. The van der Waals surface area contributed by atoms with Gasteiger partial charge in [0.15, 0.2) is 3.57 Å². The molecule has 0 aliphatic heterocycles. The van der Waals surface area contributed by atoms with Gasteiger partial charge < -0.3 is 0 Å². The van der Waals surface area contributed by atoms with Gasteiger partial charge in [-0.05, 0) is 28.7 Å². The Balaban J connectivity index is 3.49. The lowest BCUT2D eigenvalue weighted by molar-refractivity contribution is -0.395. The highest BCUT2D eigenvalue weighted by Crippen LogP contribution is 2.35. The molecule has 0 unspecified atom stereocenters. The third-order valence-electron chi connectivity index (χ3n) is 1.43. The zero-order chi connectivity index (χ0) is 10.9. The SMILES string of the molecule is O=[N+]([O-])c1ccc(Cl)c([N+](=O)[O-])c1I. The summed E-state index contributed by atoms with van der Waals surface area (Å²) in [6.07, 6.45) is 0. The van der Waals surface area contributed by atoms with Crippen LogP contribution in [-0.2, 0) is 0 Å². The Morgan fingerprint density at radius 1 is 1.21 bits per heavy atom. The number of rotatable bonds is 2. The summed E-state index contributed by atoms with van der Waals surface area (Å²) in [6, 6.07) is 2.27. The van der Waals surface area contributed by atoms with Crippen LogP contribution in [0.4, 0.5) is 11.4 Å². The van der Waals surface area contributed by atoms with Crippen molar-refractivity contribution in [2.75, 3.05) is 0 Å². The summed E-state index contributed by atoms with van der Waals surface area (Å²) in [7, 11) is 0. The van der Waals surface area contributed by atoms with Gasteiger partial charge in [0.2, 0.25) is 0 Å². The summed E-state index contributed by atoms with van der Waals surface area (Å²) in [5.74, 6) is 0.